The normalized spacial score (nSPS) is 18.4. The summed E-state index contributed by atoms with van der Waals surface area (Å²) in [5, 5.41) is 3.08. The molecule has 1 aromatic rings. The van der Waals surface area contributed by atoms with Crippen molar-refractivity contribution >= 4 is 28.4 Å². The van der Waals surface area contributed by atoms with E-state index in [1.165, 1.54) is 7.11 Å². The average Bonchev–Trinajstić information content (AvgIpc) is 2.96. The van der Waals surface area contributed by atoms with Gasteiger partial charge in [0.1, 0.15) is 0 Å². The number of halogens is 1. The number of carbonyl (C=O) groups is 1. The minimum Gasteiger partial charge on any atom is -0.465 e. The lowest BCUT2D eigenvalue weighted by Crippen LogP contribution is -2.31. The highest BCUT2D eigenvalue weighted by Crippen LogP contribution is 2.21. The first-order chi connectivity index (χ1) is 10.5. The minimum atomic E-state index is -3.36. The Balaban J connectivity index is 0.00000264. The molecule has 1 atom stereocenters. The predicted molar refractivity (Wildman–Crippen MR) is 91.3 cm³/mol. The van der Waals surface area contributed by atoms with Crippen LogP contribution in [0.1, 0.15) is 22.3 Å². The molecule has 0 amide bonds. The molecule has 1 unspecified atom stereocenters. The van der Waals surface area contributed by atoms with Crippen molar-refractivity contribution in [2.24, 2.45) is 5.92 Å². The van der Waals surface area contributed by atoms with Crippen molar-refractivity contribution in [1.82, 2.24) is 9.62 Å². The summed E-state index contributed by atoms with van der Waals surface area (Å²) in [5.41, 5.74) is 0.963. The molecule has 0 aliphatic carbocycles. The second-order valence-electron chi connectivity index (χ2n) is 5.52. The molecule has 0 bridgehead atoms. The third-order valence-electron chi connectivity index (χ3n) is 3.83. The molecule has 0 spiro atoms. The zero-order chi connectivity index (χ0) is 16.2. The van der Waals surface area contributed by atoms with E-state index < -0.39 is 16.0 Å². The first kappa shape index (κ1) is 19.9. The van der Waals surface area contributed by atoms with Crippen molar-refractivity contribution in [2.45, 2.75) is 12.2 Å². The van der Waals surface area contributed by atoms with Gasteiger partial charge in [-0.3, -0.25) is 0 Å². The molecule has 130 valence electrons. The molecule has 0 saturated carbocycles. The topological polar surface area (TPSA) is 75.7 Å². The van der Waals surface area contributed by atoms with E-state index in [0.29, 0.717) is 30.1 Å². The molecule has 8 heteroatoms. The van der Waals surface area contributed by atoms with E-state index in [2.05, 4.69) is 10.1 Å². The minimum absolute atomic E-state index is 0. The van der Waals surface area contributed by atoms with E-state index in [1.54, 1.807) is 28.6 Å². The van der Waals surface area contributed by atoms with E-state index >= 15 is 0 Å². The van der Waals surface area contributed by atoms with Gasteiger partial charge in [-0.25, -0.2) is 17.5 Å². The highest BCUT2D eigenvalue weighted by Gasteiger charge is 2.31. The van der Waals surface area contributed by atoms with E-state index in [4.69, 9.17) is 0 Å². The highest BCUT2D eigenvalue weighted by molar-refractivity contribution is 7.88. The van der Waals surface area contributed by atoms with Crippen LogP contribution in [-0.2, 0) is 20.5 Å². The predicted octanol–water partition coefficient (Wildman–Crippen LogP) is 1.27. The fourth-order valence-corrected chi connectivity index (χ4v) is 4.32. The lowest BCUT2D eigenvalue weighted by Gasteiger charge is -2.17. The fraction of sp³-hybridized carbons (Fsp3) is 0.533. The van der Waals surface area contributed by atoms with E-state index in [9.17, 15) is 13.2 Å². The molecule has 0 radical (unpaired) electrons. The SMILES string of the molecule is CNCC1CCN(S(=O)(=O)Cc2cccc(C(=O)OC)c2)C1.Cl. The van der Waals surface area contributed by atoms with Crippen LogP contribution in [0.15, 0.2) is 24.3 Å². The second-order valence-corrected chi connectivity index (χ2v) is 7.49. The van der Waals surface area contributed by atoms with Crippen LogP contribution >= 0.6 is 12.4 Å². The highest BCUT2D eigenvalue weighted by atomic mass is 35.5. The van der Waals surface area contributed by atoms with Crippen molar-refractivity contribution < 1.29 is 17.9 Å². The van der Waals surface area contributed by atoms with Crippen LogP contribution in [0.5, 0.6) is 0 Å². The van der Waals surface area contributed by atoms with Crippen LogP contribution in [0.4, 0.5) is 0 Å². The van der Waals surface area contributed by atoms with Crippen molar-refractivity contribution in [3.05, 3.63) is 35.4 Å². The summed E-state index contributed by atoms with van der Waals surface area (Å²) in [6.45, 7) is 1.94. The van der Waals surface area contributed by atoms with Crippen LogP contribution in [0, 0.1) is 5.92 Å². The summed E-state index contributed by atoms with van der Waals surface area (Å²) in [7, 11) is -0.186. The van der Waals surface area contributed by atoms with Crippen molar-refractivity contribution in [3.8, 4) is 0 Å². The van der Waals surface area contributed by atoms with Crippen LogP contribution in [0.25, 0.3) is 0 Å². The Morgan fingerprint density at radius 3 is 2.83 bits per heavy atom. The van der Waals surface area contributed by atoms with Gasteiger partial charge in [0.2, 0.25) is 10.0 Å². The lowest BCUT2D eigenvalue weighted by atomic mass is 10.1. The van der Waals surface area contributed by atoms with Gasteiger partial charge in [-0.2, -0.15) is 0 Å². The third-order valence-corrected chi connectivity index (χ3v) is 5.65. The molecular formula is C15H23ClN2O4S. The van der Waals surface area contributed by atoms with Gasteiger partial charge in [-0.05, 0) is 43.6 Å². The molecule has 1 N–H and O–H groups in total. The standard InChI is InChI=1S/C15H22N2O4S.ClH/c1-16-9-13-6-7-17(10-13)22(19,20)11-12-4-3-5-14(8-12)15(18)21-2;/h3-5,8,13,16H,6-7,9-11H2,1-2H3;1H. The van der Waals surface area contributed by atoms with Gasteiger partial charge in [-0.1, -0.05) is 12.1 Å². The summed E-state index contributed by atoms with van der Waals surface area (Å²) >= 11 is 0. The number of carbonyl (C=O) groups excluding carboxylic acids is 1. The number of sulfonamides is 1. The van der Waals surface area contributed by atoms with Crippen LogP contribution < -0.4 is 5.32 Å². The summed E-state index contributed by atoms with van der Waals surface area (Å²) in [4.78, 5) is 11.5. The molecule has 23 heavy (non-hydrogen) atoms. The molecule has 0 aromatic heterocycles. The number of hydrogen-bond acceptors (Lipinski definition) is 5. The summed E-state index contributed by atoms with van der Waals surface area (Å²) < 4.78 is 31.2. The van der Waals surface area contributed by atoms with Gasteiger partial charge in [-0.15, -0.1) is 12.4 Å². The summed E-state index contributed by atoms with van der Waals surface area (Å²) in [6.07, 6.45) is 0.877. The molecular weight excluding hydrogens is 340 g/mol. The molecule has 1 aliphatic rings. The van der Waals surface area contributed by atoms with Crippen LogP contribution in [0.2, 0.25) is 0 Å². The first-order valence-electron chi connectivity index (χ1n) is 7.26. The number of esters is 1. The molecule has 1 aliphatic heterocycles. The van der Waals surface area contributed by atoms with Crippen LogP contribution in [-0.4, -0.2) is 52.5 Å². The molecule has 1 fully saturated rings. The number of ether oxygens (including phenoxy) is 1. The van der Waals surface area contributed by atoms with Gasteiger partial charge in [0.15, 0.2) is 0 Å². The second kappa shape index (κ2) is 8.63. The largest absolute Gasteiger partial charge is 0.465 e. The van der Waals surface area contributed by atoms with Gasteiger partial charge in [0, 0.05) is 13.1 Å². The van der Waals surface area contributed by atoms with Gasteiger partial charge >= 0.3 is 5.97 Å². The summed E-state index contributed by atoms with van der Waals surface area (Å²) in [6, 6.07) is 6.57. The summed E-state index contributed by atoms with van der Waals surface area (Å²) in [5.74, 6) is -0.194. The molecule has 1 aromatic carbocycles. The zero-order valence-electron chi connectivity index (χ0n) is 13.3. The van der Waals surface area contributed by atoms with Gasteiger partial charge in [0.05, 0.1) is 18.4 Å². The fourth-order valence-electron chi connectivity index (χ4n) is 2.71. The van der Waals surface area contributed by atoms with Crippen LogP contribution in [0.3, 0.4) is 0 Å². The van der Waals surface area contributed by atoms with E-state index in [-0.39, 0.29) is 18.2 Å². The maximum atomic E-state index is 12.5. The Hall–Kier alpha value is -1.15. The van der Waals surface area contributed by atoms with Crippen molar-refractivity contribution in [3.63, 3.8) is 0 Å². The maximum absolute atomic E-state index is 12.5. The molecule has 1 saturated heterocycles. The average molecular weight is 363 g/mol. The van der Waals surface area contributed by atoms with E-state index in [0.717, 1.165) is 13.0 Å². The number of nitrogens with one attached hydrogen (secondary N) is 1. The Kier molecular flexibility index (Phi) is 7.47. The molecule has 6 nitrogen and oxygen atoms in total. The maximum Gasteiger partial charge on any atom is 0.337 e. The molecule has 2 rings (SSSR count). The van der Waals surface area contributed by atoms with Gasteiger partial charge in [0.25, 0.3) is 0 Å². The molecule has 1 heterocycles. The van der Waals surface area contributed by atoms with Crippen molar-refractivity contribution in [1.29, 1.82) is 0 Å². The number of methoxy groups -OCH3 is 1. The van der Waals surface area contributed by atoms with Crippen molar-refractivity contribution in [2.75, 3.05) is 33.8 Å². The number of rotatable bonds is 6. The number of hydrogen-bond donors (Lipinski definition) is 1. The Labute approximate surface area is 143 Å². The monoisotopic (exact) mass is 362 g/mol. The lowest BCUT2D eigenvalue weighted by molar-refractivity contribution is 0.0600. The third kappa shape index (κ3) is 5.17. The number of nitrogens with zero attached hydrogens (tertiary/aromatic N) is 1. The Bertz CT molecular complexity index is 636. The van der Waals surface area contributed by atoms with Gasteiger partial charge < -0.3 is 10.1 Å². The quantitative estimate of drug-likeness (QED) is 0.771. The number of benzene rings is 1. The Morgan fingerprint density at radius 2 is 2.17 bits per heavy atom. The first-order valence-corrected chi connectivity index (χ1v) is 8.87. The van der Waals surface area contributed by atoms with E-state index in [1.807, 2.05) is 7.05 Å². The smallest absolute Gasteiger partial charge is 0.337 e. The Morgan fingerprint density at radius 1 is 1.43 bits per heavy atom. The zero-order valence-corrected chi connectivity index (χ0v) is 15.0.